The number of rotatable bonds is 4. The molecule has 1 N–H and O–H groups in total. The van der Waals surface area contributed by atoms with Crippen molar-refractivity contribution in [2.24, 2.45) is 0 Å². The standard InChI is InChI=1S/C16H13N3O3S/c20-23(21,22)16-17-12-11-15(18-16)19(13-7-3-1-4-8-13)14-9-5-2-6-10-14/h1-12H,(H,20,21,22). The number of hydrogen-bond donors (Lipinski definition) is 1. The van der Waals surface area contributed by atoms with Crippen molar-refractivity contribution in [2.45, 2.75) is 5.16 Å². The SMILES string of the molecule is O=S(=O)(O)c1nccc(N(c2ccccc2)c2ccccc2)n1. The summed E-state index contributed by atoms with van der Waals surface area (Å²) in [5.41, 5.74) is 1.61. The monoisotopic (exact) mass is 327 g/mol. The number of nitrogens with zero attached hydrogens (tertiary/aromatic N) is 3. The number of anilines is 3. The third kappa shape index (κ3) is 3.36. The van der Waals surface area contributed by atoms with Crippen molar-refractivity contribution in [2.75, 3.05) is 4.90 Å². The van der Waals surface area contributed by atoms with Gasteiger partial charge in [-0.25, -0.2) is 4.98 Å². The molecule has 0 saturated heterocycles. The Kier molecular flexibility index (Phi) is 4.05. The van der Waals surface area contributed by atoms with Gasteiger partial charge in [-0.3, -0.25) is 9.45 Å². The van der Waals surface area contributed by atoms with Gasteiger partial charge in [-0.2, -0.15) is 13.4 Å². The van der Waals surface area contributed by atoms with Crippen LogP contribution < -0.4 is 4.90 Å². The summed E-state index contributed by atoms with van der Waals surface area (Å²) in [7, 11) is -4.47. The minimum absolute atomic E-state index is 0.338. The molecule has 0 aliphatic rings. The highest BCUT2D eigenvalue weighted by molar-refractivity contribution is 7.85. The van der Waals surface area contributed by atoms with Crippen LogP contribution >= 0.6 is 0 Å². The fourth-order valence-corrected chi connectivity index (χ4v) is 2.55. The summed E-state index contributed by atoms with van der Waals surface area (Å²) in [6.45, 7) is 0. The summed E-state index contributed by atoms with van der Waals surface area (Å²) in [6.07, 6.45) is 1.30. The number of hydrogen-bond acceptors (Lipinski definition) is 5. The molecule has 0 radical (unpaired) electrons. The van der Waals surface area contributed by atoms with E-state index in [1.807, 2.05) is 60.7 Å². The highest BCUT2D eigenvalue weighted by atomic mass is 32.2. The Labute approximate surface area is 133 Å². The molecule has 0 fully saturated rings. The molecule has 6 nitrogen and oxygen atoms in total. The molecule has 0 atom stereocenters. The molecule has 0 bridgehead atoms. The first-order valence-electron chi connectivity index (χ1n) is 6.76. The van der Waals surface area contributed by atoms with Crippen LogP contribution in [0.25, 0.3) is 0 Å². The molecule has 0 saturated carbocycles. The Bertz CT molecular complexity index is 861. The topological polar surface area (TPSA) is 83.4 Å². The molecule has 0 aliphatic carbocycles. The zero-order valence-electron chi connectivity index (χ0n) is 11.9. The summed E-state index contributed by atoms with van der Waals surface area (Å²) in [6, 6.07) is 20.3. The van der Waals surface area contributed by atoms with Gasteiger partial charge in [0.25, 0.3) is 5.16 Å². The fraction of sp³-hybridized carbons (Fsp3) is 0. The van der Waals surface area contributed by atoms with Gasteiger partial charge in [0.1, 0.15) is 5.82 Å². The van der Waals surface area contributed by atoms with Crippen molar-refractivity contribution in [3.05, 3.63) is 72.9 Å². The lowest BCUT2D eigenvalue weighted by Gasteiger charge is -2.24. The molecule has 1 aromatic heterocycles. The minimum atomic E-state index is -4.47. The fourth-order valence-electron chi connectivity index (χ4n) is 2.15. The van der Waals surface area contributed by atoms with E-state index in [2.05, 4.69) is 9.97 Å². The van der Waals surface area contributed by atoms with Crippen molar-refractivity contribution in [3.8, 4) is 0 Å². The molecule has 3 aromatic rings. The molecule has 0 spiro atoms. The Morgan fingerprint density at radius 2 is 1.35 bits per heavy atom. The van der Waals surface area contributed by atoms with Gasteiger partial charge in [-0.05, 0) is 30.3 Å². The van der Waals surface area contributed by atoms with E-state index in [1.54, 1.807) is 11.0 Å². The van der Waals surface area contributed by atoms with E-state index in [-0.39, 0.29) is 0 Å². The molecule has 0 amide bonds. The Morgan fingerprint density at radius 1 is 0.826 bits per heavy atom. The van der Waals surface area contributed by atoms with Gasteiger partial charge >= 0.3 is 10.1 Å². The van der Waals surface area contributed by atoms with E-state index in [4.69, 9.17) is 4.55 Å². The van der Waals surface area contributed by atoms with Crippen LogP contribution in [0.4, 0.5) is 17.2 Å². The number of benzene rings is 2. The lowest BCUT2D eigenvalue weighted by Crippen LogP contribution is -2.14. The molecular weight excluding hydrogens is 314 g/mol. The summed E-state index contributed by atoms with van der Waals surface area (Å²) >= 11 is 0. The predicted octanol–water partition coefficient (Wildman–Crippen LogP) is 3.19. The van der Waals surface area contributed by atoms with E-state index in [0.29, 0.717) is 5.82 Å². The Balaban J connectivity index is 2.17. The smallest absolute Gasteiger partial charge is 0.295 e. The van der Waals surface area contributed by atoms with Crippen molar-refractivity contribution in [3.63, 3.8) is 0 Å². The molecule has 7 heteroatoms. The zero-order chi connectivity index (χ0) is 16.3. The third-order valence-electron chi connectivity index (χ3n) is 3.11. The van der Waals surface area contributed by atoms with E-state index >= 15 is 0 Å². The van der Waals surface area contributed by atoms with Crippen LogP contribution in [0.15, 0.2) is 78.1 Å². The molecule has 0 unspecified atom stereocenters. The highest BCUT2D eigenvalue weighted by Crippen LogP contribution is 2.32. The molecule has 1 heterocycles. The van der Waals surface area contributed by atoms with Crippen LogP contribution in [-0.4, -0.2) is 22.9 Å². The van der Waals surface area contributed by atoms with Gasteiger partial charge in [0.2, 0.25) is 0 Å². The predicted molar refractivity (Wildman–Crippen MR) is 86.5 cm³/mol. The van der Waals surface area contributed by atoms with Crippen molar-refractivity contribution < 1.29 is 13.0 Å². The number of para-hydroxylation sites is 2. The van der Waals surface area contributed by atoms with Crippen LogP contribution in [0, 0.1) is 0 Å². The van der Waals surface area contributed by atoms with Gasteiger partial charge in [-0.1, -0.05) is 36.4 Å². The molecule has 23 heavy (non-hydrogen) atoms. The van der Waals surface area contributed by atoms with Gasteiger partial charge in [-0.15, -0.1) is 0 Å². The first kappa shape index (κ1) is 15.1. The number of aromatic nitrogens is 2. The molecule has 0 aliphatic heterocycles. The quantitative estimate of drug-likeness (QED) is 0.585. The lowest BCUT2D eigenvalue weighted by molar-refractivity contribution is 0.474. The van der Waals surface area contributed by atoms with E-state index in [9.17, 15) is 8.42 Å². The van der Waals surface area contributed by atoms with E-state index in [1.165, 1.54) is 6.20 Å². The largest absolute Gasteiger partial charge is 0.330 e. The van der Waals surface area contributed by atoms with Crippen LogP contribution in [0.2, 0.25) is 0 Å². The van der Waals surface area contributed by atoms with Crippen LogP contribution in [-0.2, 0) is 10.1 Å². The maximum Gasteiger partial charge on any atom is 0.330 e. The van der Waals surface area contributed by atoms with Crippen molar-refractivity contribution in [1.29, 1.82) is 0 Å². The molecule has 116 valence electrons. The van der Waals surface area contributed by atoms with Gasteiger partial charge < -0.3 is 0 Å². The van der Waals surface area contributed by atoms with E-state index < -0.39 is 15.3 Å². The molecule has 2 aromatic carbocycles. The second-order valence-electron chi connectivity index (χ2n) is 4.68. The summed E-state index contributed by atoms with van der Waals surface area (Å²) in [5, 5.41) is -0.633. The first-order chi connectivity index (χ1) is 11.1. The molecular formula is C16H13N3O3S. The third-order valence-corrected chi connectivity index (χ3v) is 3.77. The first-order valence-corrected chi connectivity index (χ1v) is 8.20. The van der Waals surface area contributed by atoms with Crippen molar-refractivity contribution in [1.82, 2.24) is 9.97 Å². The highest BCUT2D eigenvalue weighted by Gasteiger charge is 2.18. The van der Waals surface area contributed by atoms with Crippen LogP contribution in [0.5, 0.6) is 0 Å². The van der Waals surface area contributed by atoms with Gasteiger partial charge in [0.15, 0.2) is 0 Å². The maximum absolute atomic E-state index is 11.3. The molecule has 3 rings (SSSR count). The van der Waals surface area contributed by atoms with Gasteiger partial charge in [0, 0.05) is 17.6 Å². The Morgan fingerprint density at radius 3 is 1.83 bits per heavy atom. The second kappa shape index (κ2) is 6.15. The summed E-state index contributed by atoms with van der Waals surface area (Å²) in [4.78, 5) is 9.35. The second-order valence-corrected chi connectivity index (χ2v) is 5.99. The summed E-state index contributed by atoms with van der Waals surface area (Å²) in [5.74, 6) is 0.338. The zero-order valence-corrected chi connectivity index (χ0v) is 12.8. The summed E-state index contributed by atoms with van der Waals surface area (Å²) < 4.78 is 31.8. The lowest BCUT2D eigenvalue weighted by atomic mass is 10.2. The van der Waals surface area contributed by atoms with Crippen LogP contribution in [0.3, 0.4) is 0 Å². The Hall–Kier alpha value is -2.77. The normalized spacial score (nSPS) is 11.2. The average Bonchev–Trinajstić information content (AvgIpc) is 2.57. The van der Waals surface area contributed by atoms with Gasteiger partial charge in [0.05, 0.1) is 0 Å². The minimum Gasteiger partial charge on any atom is -0.295 e. The van der Waals surface area contributed by atoms with E-state index in [0.717, 1.165) is 11.4 Å². The van der Waals surface area contributed by atoms with Crippen molar-refractivity contribution >= 4 is 27.3 Å². The van der Waals surface area contributed by atoms with Crippen LogP contribution in [0.1, 0.15) is 0 Å². The maximum atomic E-state index is 11.3. The average molecular weight is 327 g/mol.